The van der Waals surface area contributed by atoms with E-state index < -0.39 is 0 Å². The van der Waals surface area contributed by atoms with Crippen LogP contribution in [0.4, 0.5) is 10.5 Å². The number of nitrogens with zero attached hydrogens (tertiary/aromatic N) is 3. The van der Waals surface area contributed by atoms with Crippen LogP contribution in [0, 0.1) is 6.92 Å². The van der Waals surface area contributed by atoms with Gasteiger partial charge in [-0.15, -0.1) is 21.5 Å². The second-order valence-corrected chi connectivity index (χ2v) is 6.44. The highest BCUT2D eigenvalue weighted by atomic mass is 32.1. The van der Waals surface area contributed by atoms with Gasteiger partial charge in [0.25, 0.3) is 0 Å². The zero-order valence-electron chi connectivity index (χ0n) is 12.6. The van der Waals surface area contributed by atoms with Crippen LogP contribution in [0.3, 0.4) is 0 Å². The van der Waals surface area contributed by atoms with Gasteiger partial charge in [0.15, 0.2) is 0 Å². The van der Waals surface area contributed by atoms with Crippen molar-refractivity contribution in [3.05, 3.63) is 39.8 Å². The molecule has 1 atom stereocenters. The lowest BCUT2D eigenvalue weighted by atomic mass is 10.1. The number of hydrogen-bond acceptors (Lipinski definition) is 6. The van der Waals surface area contributed by atoms with E-state index in [9.17, 15) is 4.79 Å². The van der Waals surface area contributed by atoms with E-state index in [1.807, 2.05) is 31.2 Å². The van der Waals surface area contributed by atoms with Crippen molar-refractivity contribution in [1.82, 2.24) is 15.5 Å². The molecular weight excluding hydrogens is 300 g/mol. The lowest BCUT2D eigenvalue weighted by Gasteiger charge is -2.17. The smallest absolute Gasteiger partial charge is 0.414 e. The molecule has 2 heterocycles. The number of nitrogens with one attached hydrogen (secondary N) is 1. The van der Waals surface area contributed by atoms with Crippen LogP contribution in [-0.2, 0) is 11.3 Å². The van der Waals surface area contributed by atoms with E-state index in [2.05, 4.69) is 22.4 Å². The number of hydrogen-bond donors (Lipinski definition) is 1. The monoisotopic (exact) mass is 318 g/mol. The molecule has 0 aliphatic carbocycles. The van der Waals surface area contributed by atoms with E-state index in [0.29, 0.717) is 19.7 Å². The standard InChI is InChI=1S/C15H18N4O2S/c1-10(16-9-14-18-17-11(2)22-14)12-4-3-5-13(8-12)19-6-7-21-15(19)20/h3-5,8,10,16H,6-7,9H2,1-2H3/t10-/m1/s1. The molecular formula is C15H18N4O2S. The number of aryl methyl sites for hydroxylation is 1. The molecule has 2 aromatic rings. The number of carbonyl (C=O) groups excluding carboxylic acids is 1. The Balaban J connectivity index is 1.67. The molecule has 0 bridgehead atoms. The van der Waals surface area contributed by atoms with Crippen LogP contribution in [0.25, 0.3) is 0 Å². The van der Waals surface area contributed by atoms with Crippen molar-refractivity contribution in [3.63, 3.8) is 0 Å². The molecule has 0 radical (unpaired) electrons. The van der Waals surface area contributed by atoms with Crippen LogP contribution >= 0.6 is 11.3 Å². The summed E-state index contributed by atoms with van der Waals surface area (Å²) in [6.07, 6.45) is -0.276. The molecule has 0 saturated carbocycles. The summed E-state index contributed by atoms with van der Waals surface area (Å²) >= 11 is 1.59. The lowest BCUT2D eigenvalue weighted by molar-refractivity contribution is 0.181. The van der Waals surface area contributed by atoms with Gasteiger partial charge in [-0.3, -0.25) is 4.90 Å². The molecule has 3 rings (SSSR count). The summed E-state index contributed by atoms with van der Waals surface area (Å²) in [5.74, 6) is 0. The topological polar surface area (TPSA) is 67.3 Å². The van der Waals surface area contributed by atoms with Gasteiger partial charge in [-0.05, 0) is 31.5 Å². The molecule has 0 spiro atoms. The molecule has 0 unspecified atom stereocenters. The molecule has 1 aromatic heterocycles. The first-order valence-electron chi connectivity index (χ1n) is 7.20. The fraction of sp³-hybridized carbons (Fsp3) is 0.400. The average molecular weight is 318 g/mol. The maximum atomic E-state index is 11.6. The Morgan fingerprint density at radius 3 is 3.00 bits per heavy atom. The van der Waals surface area contributed by atoms with Crippen molar-refractivity contribution in [2.24, 2.45) is 0 Å². The number of carbonyl (C=O) groups is 1. The summed E-state index contributed by atoms with van der Waals surface area (Å²) in [5.41, 5.74) is 2.00. The van der Waals surface area contributed by atoms with Gasteiger partial charge in [-0.25, -0.2) is 4.79 Å². The van der Waals surface area contributed by atoms with Gasteiger partial charge in [-0.1, -0.05) is 12.1 Å². The highest BCUT2D eigenvalue weighted by molar-refractivity contribution is 7.11. The average Bonchev–Trinajstić information content (AvgIpc) is 3.13. The van der Waals surface area contributed by atoms with Gasteiger partial charge >= 0.3 is 6.09 Å². The molecule has 116 valence electrons. The number of ether oxygens (including phenoxy) is 1. The maximum absolute atomic E-state index is 11.6. The lowest BCUT2D eigenvalue weighted by Crippen LogP contribution is -2.24. The highest BCUT2D eigenvalue weighted by Gasteiger charge is 2.23. The number of anilines is 1. The minimum absolute atomic E-state index is 0.155. The molecule has 1 N–H and O–H groups in total. The fourth-order valence-electron chi connectivity index (χ4n) is 2.36. The van der Waals surface area contributed by atoms with Crippen molar-refractivity contribution in [2.75, 3.05) is 18.1 Å². The Bertz CT molecular complexity index is 673. The van der Waals surface area contributed by atoms with Crippen LogP contribution in [0.1, 0.15) is 28.5 Å². The van der Waals surface area contributed by atoms with Crippen molar-refractivity contribution >= 4 is 23.1 Å². The molecule has 1 aliphatic heterocycles. The summed E-state index contributed by atoms with van der Waals surface area (Å²) in [5, 5.41) is 13.5. The third-order valence-electron chi connectivity index (χ3n) is 3.57. The van der Waals surface area contributed by atoms with Gasteiger partial charge in [-0.2, -0.15) is 0 Å². The molecule has 7 heteroatoms. The Labute approximate surface area is 133 Å². The Hall–Kier alpha value is -1.99. The minimum Gasteiger partial charge on any atom is -0.447 e. The van der Waals surface area contributed by atoms with Gasteiger partial charge in [0.05, 0.1) is 13.1 Å². The maximum Gasteiger partial charge on any atom is 0.414 e. The normalized spacial score (nSPS) is 15.9. The van der Waals surface area contributed by atoms with Crippen LogP contribution in [0.15, 0.2) is 24.3 Å². The first kappa shape index (κ1) is 14.9. The van der Waals surface area contributed by atoms with E-state index in [0.717, 1.165) is 21.3 Å². The van der Waals surface area contributed by atoms with Crippen molar-refractivity contribution in [3.8, 4) is 0 Å². The second kappa shape index (κ2) is 6.41. The number of rotatable bonds is 5. The van der Waals surface area contributed by atoms with Gasteiger partial charge in [0.2, 0.25) is 0 Å². The van der Waals surface area contributed by atoms with Gasteiger partial charge in [0, 0.05) is 11.7 Å². The Morgan fingerprint density at radius 1 is 1.45 bits per heavy atom. The third kappa shape index (κ3) is 3.26. The SMILES string of the molecule is Cc1nnc(CN[C@H](C)c2cccc(N3CCOC3=O)c2)s1. The van der Waals surface area contributed by atoms with Crippen molar-refractivity contribution in [2.45, 2.75) is 26.4 Å². The summed E-state index contributed by atoms with van der Waals surface area (Å²) in [6, 6.07) is 8.12. The summed E-state index contributed by atoms with van der Waals surface area (Å²) < 4.78 is 4.99. The molecule has 1 aromatic carbocycles. The first-order chi connectivity index (χ1) is 10.6. The number of cyclic esters (lactones) is 1. The van der Waals surface area contributed by atoms with E-state index in [1.54, 1.807) is 16.2 Å². The van der Waals surface area contributed by atoms with Crippen LogP contribution in [-0.4, -0.2) is 29.4 Å². The third-order valence-corrected chi connectivity index (χ3v) is 4.41. The minimum atomic E-state index is -0.276. The van der Waals surface area contributed by atoms with Gasteiger partial charge < -0.3 is 10.1 Å². The Kier molecular flexibility index (Phi) is 4.35. The van der Waals surface area contributed by atoms with Gasteiger partial charge in [0.1, 0.15) is 16.6 Å². The van der Waals surface area contributed by atoms with E-state index in [-0.39, 0.29) is 12.1 Å². The molecule has 1 saturated heterocycles. The Morgan fingerprint density at radius 2 is 2.32 bits per heavy atom. The zero-order valence-corrected chi connectivity index (χ0v) is 13.4. The molecule has 1 fully saturated rings. The second-order valence-electron chi connectivity index (χ2n) is 5.18. The van der Waals surface area contributed by atoms with E-state index in [4.69, 9.17) is 4.74 Å². The van der Waals surface area contributed by atoms with Crippen LogP contribution < -0.4 is 10.2 Å². The molecule has 22 heavy (non-hydrogen) atoms. The van der Waals surface area contributed by atoms with E-state index in [1.165, 1.54) is 0 Å². The first-order valence-corrected chi connectivity index (χ1v) is 8.02. The van der Waals surface area contributed by atoms with Crippen molar-refractivity contribution < 1.29 is 9.53 Å². The quantitative estimate of drug-likeness (QED) is 0.918. The largest absolute Gasteiger partial charge is 0.447 e. The van der Waals surface area contributed by atoms with Crippen LogP contribution in [0.2, 0.25) is 0 Å². The summed E-state index contributed by atoms with van der Waals surface area (Å²) in [7, 11) is 0. The fourth-order valence-corrected chi connectivity index (χ4v) is 3.02. The molecule has 1 amide bonds. The van der Waals surface area contributed by atoms with E-state index >= 15 is 0 Å². The summed E-state index contributed by atoms with van der Waals surface area (Å²) in [4.78, 5) is 13.3. The van der Waals surface area contributed by atoms with Crippen LogP contribution in [0.5, 0.6) is 0 Å². The highest BCUT2D eigenvalue weighted by Crippen LogP contribution is 2.23. The molecule has 1 aliphatic rings. The predicted molar refractivity (Wildman–Crippen MR) is 85.0 cm³/mol. The molecule has 6 nitrogen and oxygen atoms in total. The zero-order chi connectivity index (χ0) is 15.5. The number of amides is 1. The summed E-state index contributed by atoms with van der Waals surface area (Å²) in [6.45, 7) is 5.78. The predicted octanol–water partition coefficient (Wildman–Crippen LogP) is 2.65. The number of aromatic nitrogens is 2. The number of benzene rings is 1. The van der Waals surface area contributed by atoms with Crippen molar-refractivity contribution in [1.29, 1.82) is 0 Å².